The Morgan fingerprint density at radius 1 is 0.800 bits per heavy atom. The molecule has 0 unspecified atom stereocenters. The van der Waals surface area contributed by atoms with Crippen molar-refractivity contribution in [2.24, 2.45) is 0 Å². The van der Waals surface area contributed by atoms with Crippen LogP contribution in [-0.2, 0) is 6.54 Å². The monoisotopic (exact) mass is 346 g/mol. The molecule has 0 fully saturated rings. The molecule has 2 nitrogen and oxygen atoms in total. The topological polar surface area (TPSA) is 15.3 Å². The lowest BCUT2D eigenvalue weighted by molar-refractivity contribution is 0.419. The van der Waals surface area contributed by atoms with Crippen molar-refractivity contribution in [3.63, 3.8) is 0 Å². The second-order valence-electron chi connectivity index (χ2n) is 5.98. The molecule has 3 heteroatoms. The number of hydrogen-bond donors (Lipinski definition) is 1. The molecule has 1 N–H and O–H groups in total. The third-order valence-corrected chi connectivity index (χ3v) is 4.66. The highest BCUT2D eigenvalue weighted by molar-refractivity contribution is 7.80. The van der Waals surface area contributed by atoms with Gasteiger partial charge < -0.3 is 10.2 Å². The van der Waals surface area contributed by atoms with Crippen LogP contribution >= 0.6 is 12.2 Å². The van der Waals surface area contributed by atoms with Crippen LogP contribution in [-0.4, -0.2) is 17.1 Å². The van der Waals surface area contributed by atoms with Crippen LogP contribution < -0.4 is 5.32 Å². The molecule has 0 spiro atoms. The largest absolute Gasteiger partial charge is 0.358 e. The lowest BCUT2D eigenvalue weighted by Gasteiger charge is -2.31. The molecule has 3 aromatic carbocycles. The van der Waals surface area contributed by atoms with Crippen molar-refractivity contribution >= 4 is 17.3 Å². The Hall–Kier alpha value is -2.65. The lowest BCUT2D eigenvalue weighted by atomic mass is 9.98. The summed E-state index contributed by atoms with van der Waals surface area (Å²) >= 11 is 5.67. The first kappa shape index (κ1) is 17.2. The zero-order chi connectivity index (χ0) is 17.5. The van der Waals surface area contributed by atoms with E-state index < -0.39 is 0 Å². The maximum Gasteiger partial charge on any atom is 0.169 e. The molecule has 0 aliphatic carbocycles. The summed E-state index contributed by atoms with van der Waals surface area (Å²) in [6, 6.07) is 31.3. The molecule has 0 heterocycles. The number of rotatable bonds is 5. The fourth-order valence-corrected chi connectivity index (χ4v) is 3.10. The summed E-state index contributed by atoms with van der Waals surface area (Å²) in [5, 5.41) is 4.11. The number of hydrogen-bond acceptors (Lipinski definition) is 1. The Bertz CT molecular complexity index is 749. The summed E-state index contributed by atoms with van der Waals surface area (Å²) in [5.41, 5.74) is 3.66. The van der Waals surface area contributed by atoms with Gasteiger partial charge in [-0.1, -0.05) is 91.0 Å². The first-order valence-electron chi connectivity index (χ1n) is 8.40. The van der Waals surface area contributed by atoms with E-state index in [1.807, 2.05) is 37.4 Å². The van der Waals surface area contributed by atoms with Crippen molar-refractivity contribution in [1.82, 2.24) is 10.2 Å². The molecule has 0 saturated carbocycles. The van der Waals surface area contributed by atoms with Crippen molar-refractivity contribution in [2.45, 2.75) is 12.6 Å². The predicted octanol–water partition coefficient (Wildman–Crippen LogP) is 4.78. The smallest absolute Gasteiger partial charge is 0.169 e. The zero-order valence-electron chi connectivity index (χ0n) is 14.3. The standard InChI is InChI=1S/C22H22N2S/c1-24(22(25)23-17-18-11-5-2-6-12-18)21(19-13-7-3-8-14-19)20-15-9-4-10-16-20/h2-16,21H,17H2,1H3,(H,23,25). The van der Waals surface area contributed by atoms with Crippen molar-refractivity contribution in [1.29, 1.82) is 0 Å². The van der Waals surface area contributed by atoms with Crippen molar-refractivity contribution in [2.75, 3.05) is 7.05 Å². The van der Waals surface area contributed by atoms with Crippen LogP contribution in [0.15, 0.2) is 91.0 Å². The SMILES string of the molecule is CN(C(=S)NCc1ccccc1)C(c1ccccc1)c1ccccc1. The number of nitrogens with zero attached hydrogens (tertiary/aromatic N) is 1. The lowest BCUT2D eigenvalue weighted by Crippen LogP contribution is -2.39. The Morgan fingerprint density at radius 3 is 1.72 bits per heavy atom. The predicted molar refractivity (Wildman–Crippen MR) is 108 cm³/mol. The highest BCUT2D eigenvalue weighted by Gasteiger charge is 2.21. The molecular formula is C22H22N2S. The molecule has 0 saturated heterocycles. The van der Waals surface area contributed by atoms with Crippen molar-refractivity contribution < 1.29 is 0 Å². The summed E-state index contributed by atoms with van der Waals surface area (Å²) < 4.78 is 0. The van der Waals surface area contributed by atoms with E-state index >= 15 is 0 Å². The van der Waals surface area contributed by atoms with Gasteiger partial charge in [-0.25, -0.2) is 0 Å². The first-order valence-corrected chi connectivity index (χ1v) is 8.81. The van der Waals surface area contributed by atoms with E-state index in [9.17, 15) is 0 Å². The van der Waals surface area contributed by atoms with Crippen LogP contribution in [0.5, 0.6) is 0 Å². The van der Waals surface area contributed by atoms with Crippen LogP contribution in [0.4, 0.5) is 0 Å². The molecule has 0 aliphatic heterocycles. The third kappa shape index (κ3) is 4.46. The Morgan fingerprint density at radius 2 is 1.24 bits per heavy atom. The van der Waals surface area contributed by atoms with E-state index in [-0.39, 0.29) is 6.04 Å². The molecule has 0 radical (unpaired) electrons. The third-order valence-electron chi connectivity index (χ3n) is 4.22. The van der Waals surface area contributed by atoms with E-state index in [4.69, 9.17) is 12.2 Å². The minimum Gasteiger partial charge on any atom is -0.358 e. The van der Waals surface area contributed by atoms with Crippen LogP contribution in [0, 0.1) is 0 Å². The molecule has 0 aliphatic rings. The van der Waals surface area contributed by atoms with Crippen LogP contribution in [0.1, 0.15) is 22.7 Å². The number of nitrogens with one attached hydrogen (secondary N) is 1. The summed E-state index contributed by atoms with van der Waals surface area (Å²) in [4.78, 5) is 2.13. The summed E-state index contributed by atoms with van der Waals surface area (Å²) in [5.74, 6) is 0. The molecule has 126 valence electrons. The Kier molecular flexibility index (Phi) is 5.81. The van der Waals surface area contributed by atoms with Crippen LogP contribution in [0.3, 0.4) is 0 Å². The van der Waals surface area contributed by atoms with Gasteiger partial charge in [-0.2, -0.15) is 0 Å². The fourth-order valence-electron chi connectivity index (χ4n) is 2.93. The normalized spacial score (nSPS) is 10.5. The second kappa shape index (κ2) is 8.45. The van der Waals surface area contributed by atoms with Gasteiger partial charge in [0.05, 0.1) is 6.04 Å². The zero-order valence-corrected chi connectivity index (χ0v) is 15.1. The van der Waals surface area contributed by atoms with Gasteiger partial charge >= 0.3 is 0 Å². The van der Waals surface area contributed by atoms with Gasteiger partial charge in [0.15, 0.2) is 5.11 Å². The van der Waals surface area contributed by atoms with E-state index in [0.29, 0.717) is 0 Å². The second-order valence-corrected chi connectivity index (χ2v) is 6.37. The summed E-state index contributed by atoms with van der Waals surface area (Å²) in [6.07, 6.45) is 0. The highest BCUT2D eigenvalue weighted by atomic mass is 32.1. The van der Waals surface area contributed by atoms with Crippen molar-refractivity contribution in [3.05, 3.63) is 108 Å². The van der Waals surface area contributed by atoms with Crippen molar-refractivity contribution in [3.8, 4) is 0 Å². The fraction of sp³-hybridized carbons (Fsp3) is 0.136. The van der Waals surface area contributed by atoms with Gasteiger partial charge in [-0.3, -0.25) is 0 Å². The summed E-state index contributed by atoms with van der Waals surface area (Å²) in [7, 11) is 2.05. The molecule has 0 amide bonds. The average Bonchev–Trinajstić information content (AvgIpc) is 2.69. The van der Waals surface area contributed by atoms with Crippen LogP contribution in [0.2, 0.25) is 0 Å². The molecular weight excluding hydrogens is 324 g/mol. The Labute approximate surface area is 155 Å². The highest BCUT2D eigenvalue weighted by Crippen LogP contribution is 2.27. The van der Waals surface area contributed by atoms with Gasteiger partial charge in [0.2, 0.25) is 0 Å². The maximum atomic E-state index is 5.67. The number of thiocarbonyl (C=S) groups is 1. The number of benzene rings is 3. The van der Waals surface area contributed by atoms with Gasteiger partial charge in [0.1, 0.15) is 0 Å². The maximum absolute atomic E-state index is 5.67. The first-order chi connectivity index (χ1) is 12.3. The molecule has 0 aromatic heterocycles. The Balaban J connectivity index is 1.79. The molecule has 25 heavy (non-hydrogen) atoms. The quantitative estimate of drug-likeness (QED) is 0.669. The van der Waals surface area contributed by atoms with E-state index in [2.05, 4.69) is 70.9 Å². The molecule has 0 atom stereocenters. The minimum atomic E-state index is 0.0816. The van der Waals surface area contributed by atoms with E-state index in [1.54, 1.807) is 0 Å². The minimum absolute atomic E-state index is 0.0816. The van der Waals surface area contributed by atoms with E-state index in [1.165, 1.54) is 16.7 Å². The van der Waals surface area contributed by atoms with Crippen LogP contribution in [0.25, 0.3) is 0 Å². The van der Waals surface area contributed by atoms with Gasteiger partial charge in [0.25, 0.3) is 0 Å². The molecule has 0 bridgehead atoms. The van der Waals surface area contributed by atoms with Gasteiger partial charge in [-0.05, 0) is 28.9 Å². The summed E-state index contributed by atoms with van der Waals surface area (Å²) in [6.45, 7) is 0.723. The molecule has 3 rings (SSSR count). The molecule has 3 aromatic rings. The van der Waals surface area contributed by atoms with Gasteiger partial charge in [0, 0.05) is 13.6 Å². The average molecular weight is 346 g/mol. The van der Waals surface area contributed by atoms with Gasteiger partial charge in [-0.15, -0.1) is 0 Å². The van der Waals surface area contributed by atoms with E-state index in [0.717, 1.165) is 11.7 Å².